The lowest BCUT2D eigenvalue weighted by atomic mass is 10.1. The molecule has 4 heteroatoms. The number of halogens is 2. The van der Waals surface area contributed by atoms with E-state index in [0.29, 0.717) is 0 Å². The molecule has 2 aromatic carbocycles. The first-order chi connectivity index (χ1) is 9.13. The van der Waals surface area contributed by atoms with E-state index in [1.165, 1.54) is 35.6 Å². The zero-order valence-electron chi connectivity index (χ0n) is 9.94. The lowest BCUT2D eigenvalue weighted by Crippen LogP contribution is -2.09. The van der Waals surface area contributed by atoms with Crippen molar-refractivity contribution in [2.45, 2.75) is 6.04 Å². The van der Waals surface area contributed by atoms with Crippen LogP contribution in [-0.4, -0.2) is 0 Å². The molecule has 0 aliphatic heterocycles. The normalized spacial score (nSPS) is 12.8. The van der Waals surface area contributed by atoms with Gasteiger partial charge in [0.15, 0.2) is 0 Å². The summed E-state index contributed by atoms with van der Waals surface area (Å²) < 4.78 is 27.0. The SMILES string of the molecule is NC(c1ccc(F)cc1)c1cc2cc(F)ccc2s1. The van der Waals surface area contributed by atoms with Crippen molar-refractivity contribution in [3.63, 3.8) is 0 Å². The minimum Gasteiger partial charge on any atom is -0.320 e. The molecule has 1 heterocycles. The van der Waals surface area contributed by atoms with Gasteiger partial charge in [0.05, 0.1) is 6.04 Å². The number of hydrogen-bond donors (Lipinski definition) is 1. The number of fused-ring (bicyclic) bond motifs is 1. The van der Waals surface area contributed by atoms with Crippen molar-refractivity contribution in [3.8, 4) is 0 Å². The van der Waals surface area contributed by atoms with Gasteiger partial charge in [0.25, 0.3) is 0 Å². The van der Waals surface area contributed by atoms with E-state index in [0.717, 1.165) is 20.5 Å². The molecule has 0 saturated heterocycles. The van der Waals surface area contributed by atoms with Crippen LogP contribution >= 0.6 is 11.3 Å². The molecule has 0 fully saturated rings. The van der Waals surface area contributed by atoms with E-state index < -0.39 is 0 Å². The van der Waals surface area contributed by atoms with Crippen LogP contribution in [0.5, 0.6) is 0 Å². The number of hydrogen-bond acceptors (Lipinski definition) is 2. The van der Waals surface area contributed by atoms with Gasteiger partial charge in [-0.25, -0.2) is 8.78 Å². The first kappa shape index (κ1) is 12.3. The molecule has 0 radical (unpaired) electrons. The maximum Gasteiger partial charge on any atom is 0.123 e. The van der Waals surface area contributed by atoms with E-state index >= 15 is 0 Å². The standard InChI is InChI=1S/C15H11F2NS/c16-11-3-1-9(2-4-11)15(18)14-8-10-7-12(17)5-6-13(10)19-14/h1-8,15H,18H2. The van der Waals surface area contributed by atoms with Gasteiger partial charge in [-0.2, -0.15) is 0 Å². The van der Waals surface area contributed by atoms with Crippen LogP contribution in [0, 0.1) is 11.6 Å². The van der Waals surface area contributed by atoms with Gasteiger partial charge >= 0.3 is 0 Å². The molecule has 3 rings (SSSR count). The monoisotopic (exact) mass is 275 g/mol. The van der Waals surface area contributed by atoms with Crippen LogP contribution in [0.25, 0.3) is 10.1 Å². The van der Waals surface area contributed by atoms with Crippen molar-refractivity contribution in [2.24, 2.45) is 5.73 Å². The van der Waals surface area contributed by atoms with Gasteiger partial charge in [-0.3, -0.25) is 0 Å². The van der Waals surface area contributed by atoms with Gasteiger partial charge in [-0.05, 0) is 47.3 Å². The predicted molar refractivity (Wildman–Crippen MR) is 74.2 cm³/mol. The fourth-order valence-corrected chi connectivity index (χ4v) is 3.10. The maximum absolute atomic E-state index is 13.1. The zero-order valence-corrected chi connectivity index (χ0v) is 10.8. The van der Waals surface area contributed by atoms with Crippen molar-refractivity contribution >= 4 is 21.4 Å². The summed E-state index contributed by atoms with van der Waals surface area (Å²) in [5.41, 5.74) is 7.00. The smallest absolute Gasteiger partial charge is 0.123 e. The Labute approximate surface area is 113 Å². The van der Waals surface area contributed by atoms with E-state index in [9.17, 15) is 8.78 Å². The summed E-state index contributed by atoms with van der Waals surface area (Å²) in [4.78, 5) is 0.937. The first-order valence-electron chi connectivity index (χ1n) is 5.83. The zero-order chi connectivity index (χ0) is 13.4. The molecule has 1 aromatic heterocycles. The van der Waals surface area contributed by atoms with Crippen LogP contribution in [-0.2, 0) is 0 Å². The van der Waals surface area contributed by atoms with E-state index in [1.54, 1.807) is 18.2 Å². The summed E-state index contributed by atoms with van der Waals surface area (Å²) >= 11 is 1.53. The molecule has 19 heavy (non-hydrogen) atoms. The lowest BCUT2D eigenvalue weighted by Gasteiger charge is -2.09. The molecule has 3 aromatic rings. The average molecular weight is 275 g/mol. The number of benzene rings is 2. The average Bonchev–Trinajstić information content (AvgIpc) is 2.81. The third-order valence-electron chi connectivity index (χ3n) is 3.03. The Kier molecular flexibility index (Phi) is 3.05. The second kappa shape index (κ2) is 4.72. The fraction of sp³-hybridized carbons (Fsp3) is 0.0667. The third-order valence-corrected chi connectivity index (χ3v) is 4.23. The van der Waals surface area contributed by atoms with Gasteiger partial charge in [0.2, 0.25) is 0 Å². The van der Waals surface area contributed by atoms with Gasteiger partial charge in [-0.1, -0.05) is 12.1 Å². The maximum atomic E-state index is 13.1. The quantitative estimate of drug-likeness (QED) is 0.744. The van der Waals surface area contributed by atoms with Crippen LogP contribution < -0.4 is 5.73 Å². The number of thiophene rings is 1. The van der Waals surface area contributed by atoms with E-state index in [1.807, 2.05) is 6.07 Å². The molecule has 0 saturated carbocycles. The summed E-state index contributed by atoms with van der Waals surface area (Å²) in [6.07, 6.45) is 0. The van der Waals surface area contributed by atoms with Gasteiger partial charge < -0.3 is 5.73 Å². The molecule has 96 valence electrons. The highest BCUT2D eigenvalue weighted by Crippen LogP contribution is 2.32. The molecule has 1 nitrogen and oxygen atoms in total. The van der Waals surface area contributed by atoms with Crippen molar-refractivity contribution in [3.05, 3.63) is 70.6 Å². The Balaban J connectivity index is 2.01. The minimum absolute atomic E-state index is 0.257. The van der Waals surface area contributed by atoms with Crippen LogP contribution in [0.3, 0.4) is 0 Å². The number of rotatable bonds is 2. The highest BCUT2D eigenvalue weighted by atomic mass is 32.1. The Morgan fingerprint density at radius 2 is 1.58 bits per heavy atom. The summed E-state index contributed by atoms with van der Waals surface area (Å²) in [5, 5.41) is 0.845. The van der Waals surface area contributed by atoms with Crippen LogP contribution in [0.2, 0.25) is 0 Å². The minimum atomic E-state index is -0.318. The molecule has 0 amide bonds. The molecular formula is C15H11F2NS. The summed E-state index contributed by atoms with van der Waals surface area (Å²) in [6.45, 7) is 0. The largest absolute Gasteiger partial charge is 0.320 e. The van der Waals surface area contributed by atoms with Crippen LogP contribution in [0.15, 0.2) is 48.5 Å². The highest BCUT2D eigenvalue weighted by Gasteiger charge is 2.12. The topological polar surface area (TPSA) is 26.0 Å². The molecule has 0 aliphatic carbocycles. The van der Waals surface area contributed by atoms with Crippen LogP contribution in [0.1, 0.15) is 16.5 Å². The Morgan fingerprint density at radius 1 is 0.895 bits per heavy atom. The molecular weight excluding hydrogens is 264 g/mol. The highest BCUT2D eigenvalue weighted by molar-refractivity contribution is 7.19. The second-order valence-corrected chi connectivity index (χ2v) is 5.48. The van der Waals surface area contributed by atoms with Crippen molar-refractivity contribution in [2.75, 3.05) is 0 Å². The molecule has 0 spiro atoms. The fourth-order valence-electron chi connectivity index (χ4n) is 2.02. The predicted octanol–water partition coefficient (Wildman–Crippen LogP) is 4.23. The molecule has 1 unspecified atom stereocenters. The lowest BCUT2D eigenvalue weighted by molar-refractivity contribution is 0.626. The summed E-state index contributed by atoms with van der Waals surface area (Å²) in [7, 11) is 0. The van der Waals surface area contributed by atoms with Crippen molar-refractivity contribution < 1.29 is 8.78 Å². The van der Waals surface area contributed by atoms with Crippen LogP contribution in [0.4, 0.5) is 8.78 Å². The summed E-state index contributed by atoms with van der Waals surface area (Å²) in [6, 6.07) is 12.4. The van der Waals surface area contributed by atoms with Crippen molar-refractivity contribution in [1.82, 2.24) is 0 Å². The molecule has 1 atom stereocenters. The molecule has 0 bridgehead atoms. The van der Waals surface area contributed by atoms with Gasteiger partial charge in [0, 0.05) is 9.58 Å². The van der Waals surface area contributed by atoms with E-state index in [2.05, 4.69) is 0 Å². The van der Waals surface area contributed by atoms with E-state index in [4.69, 9.17) is 5.73 Å². The Bertz CT molecular complexity index is 719. The summed E-state index contributed by atoms with van der Waals surface area (Å²) in [5.74, 6) is -0.540. The first-order valence-corrected chi connectivity index (χ1v) is 6.65. The van der Waals surface area contributed by atoms with Crippen molar-refractivity contribution in [1.29, 1.82) is 0 Å². The Hall–Kier alpha value is -1.78. The van der Waals surface area contributed by atoms with Gasteiger partial charge in [-0.15, -0.1) is 11.3 Å². The van der Waals surface area contributed by atoms with Gasteiger partial charge in [0.1, 0.15) is 11.6 Å². The number of nitrogens with two attached hydrogens (primary N) is 1. The Morgan fingerprint density at radius 3 is 2.32 bits per heavy atom. The molecule has 2 N–H and O–H groups in total. The molecule has 0 aliphatic rings. The third kappa shape index (κ3) is 2.37. The second-order valence-electron chi connectivity index (χ2n) is 4.36. The van der Waals surface area contributed by atoms with E-state index in [-0.39, 0.29) is 17.7 Å².